The van der Waals surface area contributed by atoms with Gasteiger partial charge < -0.3 is 15.0 Å². The highest BCUT2D eigenvalue weighted by Crippen LogP contribution is 2.35. The van der Waals surface area contributed by atoms with E-state index in [1.54, 1.807) is 37.4 Å². The standard InChI is InChI=1S/C19H14F3N5O2/c1-27-13-8-11(5-6-14(13)29-10-17(27)28)24-16-9-15(19(20,21)22)25-18(26-16)12-4-2-3-7-23-12/h2-9H,10H2,1H3,(H,24,25,26). The first-order valence-corrected chi connectivity index (χ1v) is 8.49. The predicted octanol–water partition coefficient (Wildman–Crippen LogP) is 3.66. The topological polar surface area (TPSA) is 80.2 Å². The van der Waals surface area contributed by atoms with E-state index in [1.807, 2.05) is 0 Å². The maximum Gasteiger partial charge on any atom is 0.433 e. The summed E-state index contributed by atoms with van der Waals surface area (Å²) < 4.78 is 45.3. The molecule has 1 aliphatic rings. The molecule has 10 heteroatoms. The Kier molecular flexibility index (Phi) is 4.53. The van der Waals surface area contributed by atoms with E-state index < -0.39 is 11.9 Å². The number of carbonyl (C=O) groups is 1. The molecule has 3 aromatic rings. The third kappa shape index (κ3) is 3.82. The van der Waals surface area contributed by atoms with Crippen molar-refractivity contribution < 1.29 is 22.7 Å². The molecule has 1 amide bonds. The zero-order chi connectivity index (χ0) is 20.6. The van der Waals surface area contributed by atoms with Gasteiger partial charge in [-0.2, -0.15) is 13.2 Å². The van der Waals surface area contributed by atoms with Crippen LogP contribution in [0.25, 0.3) is 11.5 Å². The summed E-state index contributed by atoms with van der Waals surface area (Å²) in [5, 5.41) is 2.84. The van der Waals surface area contributed by atoms with Crippen molar-refractivity contribution in [1.82, 2.24) is 15.0 Å². The van der Waals surface area contributed by atoms with E-state index in [1.165, 1.54) is 17.2 Å². The summed E-state index contributed by atoms with van der Waals surface area (Å²) in [6.07, 6.45) is -3.21. The van der Waals surface area contributed by atoms with Crippen LogP contribution in [0.1, 0.15) is 5.69 Å². The van der Waals surface area contributed by atoms with E-state index in [0.29, 0.717) is 17.1 Å². The summed E-state index contributed by atoms with van der Waals surface area (Å²) >= 11 is 0. The van der Waals surface area contributed by atoms with Crippen LogP contribution in [0.4, 0.5) is 30.4 Å². The van der Waals surface area contributed by atoms with Gasteiger partial charge in [-0.3, -0.25) is 9.78 Å². The second kappa shape index (κ2) is 7.04. The van der Waals surface area contributed by atoms with Gasteiger partial charge in [0, 0.05) is 25.0 Å². The quantitative estimate of drug-likeness (QED) is 0.722. The normalized spacial score (nSPS) is 13.7. The second-order valence-electron chi connectivity index (χ2n) is 6.22. The molecule has 2 aromatic heterocycles. The molecule has 0 aliphatic carbocycles. The highest BCUT2D eigenvalue weighted by atomic mass is 19.4. The third-order valence-corrected chi connectivity index (χ3v) is 4.23. The predicted molar refractivity (Wildman–Crippen MR) is 98.9 cm³/mol. The molecular weight excluding hydrogens is 387 g/mol. The maximum absolute atomic E-state index is 13.3. The highest BCUT2D eigenvalue weighted by Gasteiger charge is 2.34. The zero-order valence-corrected chi connectivity index (χ0v) is 15.1. The van der Waals surface area contributed by atoms with Crippen molar-refractivity contribution >= 4 is 23.1 Å². The number of likely N-dealkylation sites (N-methyl/N-ethyl adjacent to an activating group) is 1. The van der Waals surface area contributed by atoms with E-state index in [9.17, 15) is 18.0 Å². The van der Waals surface area contributed by atoms with Crippen LogP contribution in [0.3, 0.4) is 0 Å². The van der Waals surface area contributed by atoms with Gasteiger partial charge in [-0.25, -0.2) is 9.97 Å². The number of halogens is 3. The smallest absolute Gasteiger partial charge is 0.433 e. The summed E-state index contributed by atoms with van der Waals surface area (Å²) in [7, 11) is 1.60. The van der Waals surface area contributed by atoms with Crippen molar-refractivity contribution in [1.29, 1.82) is 0 Å². The Balaban J connectivity index is 1.73. The number of benzene rings is 1. The molecule has 0 fully saturated rings. The molecule has 1 aromatic carbocycles. The number of carbonyl (C=O) groups excluding carboxylic acids is 1. The zero-order valence-electron chi connectivity index (χ0n) is 15.1. The van der Waals surface area contributed by atoms with E-state index in [-0.39, 0.29) is 29.9 Å². The number of rotatable bonds is 3. The van der Waals surface area contributed by atoms with Crippen LogP contribution < -0.4 is 15.0 Å². The number of amides is 1. The number of anilines is 3. The van der Waals surface area contributed by atoms with Crippen molar-refractivity contribution in [3.63, 3.8) is 0 Å². The van der Waals surface area contributed by atoms with Crippen LogP contribution >= 0.6 is 0 Å². The number of alkyl halides is 3. The van der Waals surface area contributed by atoms with Crippen molar-refractivity contribution in [2.45, 2.75) is 6.18 Å². The van der Waals surface area contributed by atoms with Gasteiger partial charge in [0.15, 0.2) is 18.1 Å². The van der Waals surface area contributed by atoms with Gasteiger partial charge in [-0.1, -0.05) is 6.07 Å². The van der Waals surface area contributed by atoms with E-state index in [0.717, 1.165) is 6.07 Å². The Morgan fingerprint density at radius 2 is 1.97 bits per heavy atom. The summed E-state index contributed by atoms with van der Waals surface area (Å²) in [5.41, 5.74) is 0.0593. The van der Waals surface area contributed by atoms with Gasteiger partial charge in [0.05, 0.1) is 5.69 Å². The minimum absolute atomic E-state index is 0.0568. The minimum atomic E-state index is -4.65. The summed E-state index contributed by atoms with van der Waals surface area (Å²) in [4.78, 5) is 25.0. The Bertz CT molecular complexity index is 1070. The molecule has 7 nitrogen and oxygen atoms in total. The minimum Gasteiger partial charge on any atom is -0.482 e. The largest absolute Gasteiger partial charge is 0.482 e. The molecule has 1 N–H and O–H groups in total. The molecule has 4 rings (SSSR count). The van der Waals surface area contributed by atoms with Gasteiger partial charge in [0.25, 0.3) is 5.91 Å². The van der Waals surface area contributed by atoms with Crippen molar-refractivity contribution in [3.8, 4) is 17.3 Å². The van der Waals surface area contributed by atoms with Gasteiger partial charge >= 0.3 is 6.18 Å². The van der Waals surface area contributed by atoms with Crippen LogP contribution in [0.15, 0.2) is 48.7 Å². The van der Waals surface area contributed by atoms with Gasteiger partial charge in [-0.05, 0) is 30.3 Å². The Labute approximate surface area is 163 Å². The number of hydrogen-bond acceptors (Lipinski definition) is 6. The number of ether oxygens (including phenoxy) is 1. The van der Waals surface area contributed by atoms with Crippen LogP contribution in [-0.2, 0) is 11.0 Å². The highest BCUT2D eigenvalue weighted by molar-refractivity contribution is 5.98. The van der Waals surface area contributed by atoms with Gasteiger partial charge in [0.2, 0.25) is 0 Å². The Morgan fingerprint density at radius 1 is 1.14 bits per heavy atom. The molecule has 0 atom stereocenters. The third-order valence-electron chi connectivity index (χ3n) is 4.23. The number of nitrogens with zero attached hydrogens (tertiary/aromatic N) is 4. The van der Waals surface area contributed by atoms with Crippen LogP contribution in [0.2, 0.25) is 0 Å². The number of aromatic nitrogens is 3. The summed E-state index contributed by atoms with van der Waals surface area (Å²) in [6, 6.07) is 10.5. The molecule has 0 bridgehead atoms. The molecule has 0 saturated heterocycles. The molecule has 29 heavy (non-hydrogen) atoms. The fourth-order valence-corrected chi connectivity index (χ4v) is 2.76. The molecule has 0 spiro atoms. The lowest BCUT2D eigenvalue weighted by atomic mass is 10.2. The molecular formula is C19H14F3N5O2. The van der Waals surface area contributed by atoms with E-state index in [4.69, 9.17) is 4.74 Å². The van der Waals surface area contributed by atoms with E-state index >= 15 is 0 Å². The monoisotopic (exact) mass is 401 g/mol. The molecule has 3 heterocycles. The molecule has 1 aliphatic heterocycles. The van der Waals surface area contributed by atoms with Gasteiger partial charge in [0.1, 0.15) is 17.3 Å². The average molecular weight is 401 g/mol. The van der Waals surface area contributed by atoms with Crippen molar-refractivity contribution in [2.24, 2.45) is 0 Å². The lowest BCUT2D eigenvalue weighted by molar-refractivity contribution is -0.141. The first kappa shape index (κ1) is 18.7. The first-order chi connectivity index (χ1) is 13.8. The number of pyridine rings is 1. The van der Waals surface area contributed by atoms with Crippen LogP contribution in [0, 0.1) is 0 Å². The molecule has 0 radical (unpaired) electrons. The fraction of sp³-hybridized carbons (Fsp3) is 0.158. The molecule has 0 saturated carbocycles. The summed E-state index contributed by atoms with van der Waals surface area (Å²) in [5.74, 6) is 0.0640. The van der Waals surface area contributed by atoms with E-state index in [2.05, 4.69) is 20.3 Å². The second-order valence-corrected chi connectivity index (χ2v) is 6.22. The van der Waals surface area contributed by atoms with Crippen molar-refractivity contribution in [3.05, 3.63) is 54.4 Å². The van der Waals surface area contributed by atoms with Crippen LogP contribution in [0.5, 0.6) is 5.75 Å². The number of fused-ring (bicyclic) bond motifs is 1. The first-order valence-electron chi connectivity index (χ1n) is 8.49. The fourth-order valence-electron chi connectivity index (χ4n) is 2.76. The van der Waals surface area contributed by atoms with Crippen LogP contribution in [-0.4, -0.2) is 34.5 Å². The average Bonchev–Trinajstić information content (AvgIpc) is 2.71. The molecule has 0 unspecified atom stereocenters. The lowest BCUT2D eigenvalue weighted by Crippen LogP contribution is -2.35. The summed E-state index contributed by atoms with van der Waals surface area (Å²) in [6.45, 7) is -0.0649. The lowest BCUT2D eigenvalue weighted by Gasteiger charge is -2.26. The Morgan fingerprint density at radius 3 is 2.69 bits per heavy atom. The van der Waals surface area contributed by atoms with Gasteiger partial charge in [-0.15, -0.1) is 0 Å². The SMILES string of the molecule is CN1C(=O)COc2ccc(Nc3cc(C(F)(F)F)nc(-c4ccccn4)n3)cc21. The van der Waals surface area contributed by atoms with Crippen molar-refractivity contribution in [2.75, 3.05) is 23.9 Å². The number of hydrogen-bond donors (Lipinski definition) is 1. The molecule has 148 valence electrons. The number of nitrogens with one attached hydrogen (secondary N) is 1. The maximum atomic E-state index is 13.3. The Hall–Kier alpha value is -3.69.